The van der Waals surface area contributed by atoms with Crippen LogP contribution in [0.4, 0.5) is 5.13 Å². The average molecular weight is 404 g/mol. The fourth-order valence-corrected chi connectivity index (χ4v) is 4.51. The third-order valence-corrected chi connectivity index (χ3v) is 6.80. The van der Waals surface area contributed by atoms with Crippen molar-refractivity contribution in [3.63, 3.8) is 0 Å². The fraction of sp³-hybridized carbons (Fsp3) is 0.733. The van der Waals surface area contributed by atoms with Crippen LogP contribution in [0.1, 0.15) is 51.1 Å². The zero-order chi connectivity index (χ0) is 19.2. The molecule has 0 fully saturated rings. The van der Waals surface area contributed by atoms with Crippen LogP contribution in [0.2, 0.25) is 0 Å². The van der Waals surface area contributed by atoms with Crippen LogP contribution in [0.25, 0.3) is 0 Å². The highest BCUT2D eigenvalue weighted by Crippen LogP contribution is 2.31. The molecule has 0 saturated heterocycles. The Balaban J connectivity index is 2.01. The molecule has 2 rings (SSSR count). The summed E-state index contributed by atoms with van der Waals surface area (Å²) in [6.45, 7) is 9.44. The molecule has 0 radical (unpaired) electrons. The van der Waals surface area contributed by atoms with E-state index in [-0.39, 0.29) is 10.2 Å². The minimum absolute atomic E-state index is 0.0686. The molecule has 146 valence electrons. The lowest BCUT2D eigenvalue weighted by molar-refractivity contribution is 0.147. The van der Waals surface area contributed by atoms with Gasteiger partial charge in [-0.2, -0.15) is 0 Å². The molecule has 2 heterocycles. The number of hydrogen-bond donors (Lipinski definition) is 1. The summed E-state index contributed by atoms with van der Waals surface area (Å²) in [4.78, 5) is 0. The van der Waals surface area contributed by atoms with E-state index in [9.17, 15) is 8.42 Å². The minimum atomic E-state index is -3.74. The van der Waals surface area contributed by atoms with E-state index < -0.39 is 15.1 Å². The van der Waals surface area contributed by atoms with Crippen molar-refractivity contribution in [1.82, 2.24) is 20.4 Å². The van der Waals surface area contributed by atoms with E-state index in [4.69, 9.17) is 9.15 Å². The smallest absolute Gasteiger partial charge is 0.235 e. The quantitative estimate of drug-likeness (QED) is 0.564. The van der Waals surface area contributed by atoms with E-state index in [1.54, 1.807) is 0 Å². The molecular weight excluding hydrogens is 378 g/mol. The first-order chi connectivity index (χ1) is 12.3. The molecule has 2 aromatic heterocycles. The van der Waals surface area contributed by atoms with E-state index in [1.807, 2.05) is 20.8 Å². The molecule has 0 bridgehead atoms. The Labute approximate surface area is 157 Å². The van der Waals surface area contributed by atoms with Gasteiger partial charge in [-0.1, -0.05) is 25.2 Å². The van der Waals surface area contributed by atoms with Gasteiger partial charge in [-0.15, -0.1) is 20.4 Å². The summed E-state index contributed by atoms with van der Waals surface area (Å²) in [5.41, 5.74) is 0. The van der Waals surface area contributed by atoms with Gasteiger partial charge in [0.05, 0.1) is 0 Å². The van der Waals surface area contributed by atoms with Crippen molar-refractivity contribution in [1.29, 1.82) is 0 Å². The molecule has 0 aliphatic carbocycles. The van der Waals surface area contributed by atoms with Gasteiger partial charge in [0.2, 0.25) is 31.1 Å². The number of nitrogens with one attached hydrogen (secondary N) is 1. The molecular formula is C15H25N5O4S2. The van der Waals surface area contributed by atoms with Crippen LogP contribution >= 0.6 is 11.3 Å². The number of ether oxygens (including phenoxy) is 1. The summed E-state index contributed by atoms with van der Waals surface area (Å²) in [6.07, 6.45) is 1.40. The molecule has 0 aliphatic heterocycles. The van der Waals surface area contributed by atoms with Crippen LogP contribution in [0.3, 0.4) is 0 Å². The molecule has 0 spiro atoms. The number of rotatable bonds is 11. The van der Waals surface area contributed by atoms with Crippen molar-refractivity contribution < 1.29 is 17.6 Å². The van der Waals surface area contributed by atoms with Crippen LogP contribution in [0.15, 0.2) is 8.76 Å². The maximum atomic E-state index is 12.7. The highest BCUT2D eigenvalue weighted by molar-refractivity contribution is 7.93. The predicted molar refractivity (Wildman–Crippen MR) is 97.9 cm³/mol. The summed E-state index contributed by atoms with van der Waals surface area (Å²) in [7, 11) is -3.74. The Bertz CT molecular complexity index is 788. The first kappa shape index (κ1) is 20.7. The van der Waals surface area contributed by atoms with Crippen LogP contribution < -0.4 is 5.32 Å². The molecule has 9 nitrogen and oxygen atoms in total. The van der Waals surface area contributed by atoms with Crippen molar-refractivity contribution in [2.75, 3.05) is 25.1 Å². The van der Waals surface area contributed by atoms with Gasteiger partial charge >= 0.3 is 0 Å². The second kappa shape index (κ2) is 9.38. The van der Waals surface area contributed by atoms with E-state index in [0.717, 1.165) is 17.8 Å². The summed E-state index contributed by atoms with van der Waals surface area (Å²) < 4.78 is 36.1. The van der Waals surface area contributed by atoms with Gasteiger partial charge in [0, 0.05) is 26.2 Å². The van der Waals surface area contributed by atoms with Gasteiger partial charge in [0.25, 0.3) is 0 Å². The second-order valence-electron chi connectivity index (χ2n) is 6.17. The van der Waals surface area contributed by atoms with Crippen molar-refractivity contribution >= 4 is 26.3 Å². The third kappa shape index (κ3) is 5.45. The summed E-state index contributed by atoms with van der Waals surface area (Å²) >= 11 is 0.992. The molecule has 0 aliphatic rings. The van der Waals surface area contributed by atoms with E-state index in [1.165, 1.54) is 6.92 Å². The first-order valence-electron chi connectivity index (χ1n) is 8.55. The maximum absolute atomic E-state index is 12.7. The standard InChI is InChI=1S/C15H25N5O4S2/c1-5-23-8-6-7-16-14-19-20-15(25-14)26(21,22)11(4)13-18-17-12(24-13)9-10(2)3/h10-11H,5-9H2,1-4H3,(H,16,19). The number of aromatic nitrogens is 4. The predicted octanol–water partition coefficient (Wildman–Crippen LogP) is 2.49. The molecule has 11 heteroatoms. The minimum Gasteiger partial charge on any atom is -0.424 e. The van der Waals surface area contributed by atoms with Gasteiger partial charge in [0.15, 0.2) is 0 Å². The third-order valence-electron chi connectivity index (χ3n) is 3.47. The van der Waals surface area contributed by atoms with Crippen molar-refractivity contribution in [3.8, 4) is 0 Å². The topological polar surface area (TPSA) is 120 Å². The van der Waals surface area contributed by atoms with Gasteiger partial charge in [-0.25, -0.2) is 8.42 Å². The fourth-order valence-electron chi connectivity index (χ4n) is 2.06. The lowest BCUT2D eigenvalue weighted by atomic mass is 10.1. The molecule has 26 heavy (non-hydrogen) atoms. The van der Waals surface area contributed by atoms with Gasteiger partial charge in [0.1, 0.15) is 5.25 Å². The Kier molecular flexibility index (Phi) is 7.47. The molecule has 0 amide bonds. The monoisotopic (exact) mass is 403 g/mol. The van der Waals surface area contributed by atoms with E-state index in [0.29, 0.717) is 43.1 Å². The Morgan fingerprint density at radius 1 is 1.19 bits per heavy atom. The van der Waals surface area contributed by atoms with Crippen LogP contribution in [0.5, 0.6) is 0 Å². The molecule has 0 saturated carbocycles. The van der Waals surface area contributed by atoms with Gasteiger partial charge < -0.3 is 14.5 Å². The number of nitrogens with zero attached hydrogens (tertiary/aromatic N) is 4. The van der Waals surface area contributed by atoms with Crippen LogP contribution in [0, 0.1) is 5.92 Å². The average Bonchev–Trinajstić information content (AvgIpc) is 3.23. The summed E-state index contributed by atoms with van der Waals surface area (Å²) in [6, 6.07) is 0. The molecule has 1 atom stereocenters. The lowest BCUT2D eigenvalue weighted by Crippen LogP contribution is -2.11. The maximum Gasteiger partial charge on any atom is 0.235 e. The summed E-state index contributed by atoms with van der Waals surface area (Å²) in [5, 5.41) is 18.0. The SMILES string of the molecule is CCOCCCNc1nnc(S(=O)(=O)C(C)c2nnc(CC(C)C)o2)s1. The Morgan fingerprint density at radius 3 is 2.65 bits per heavy atom. The lowest BCUT2D eigenvalue weighted by Gasteiger charge is -2.05. The van der Waals surface area contributed by atoms with Crippen molar-refractivity contribution in [2.45, 2.75) is 50.1 Å². The van der Waals surface area contributed by atoms with Crippen LogP contribution in [-0.4, -0.2) is 48.6 Å². The largest absolute Gasteiger partial charge is 0.424 e. The molecule has 1 N–H and O–H groups in total. The van der Waals surface area contributed by atoms with Crippen molar-refractivity contribution in [3.05, 3.63) is 11.8 Å². The first-order valence-corrected chi connectivity index (χ1v) is 10.9. The van der Waals surface area contributed by atoms with Crippen molar-refractivity contribution in [2.24, 2.45) is 5.92 Å². The summed E-state index contributed by atoms with van der Waals surface area (Å²) in [5.74, 6) is 0.850. The van der Waals surface area contributed by atoms with Gasteiger partial charge in [-0.3, -0.25) is 0 Å². The number of anilines is 1. The normalized spacial score (nSPS) is 13.3. The number of sulfone groups is 1. The molecule has 1 unspecified atom stereocenters. The second-order valence-corrected chi connectivity index (χ2v) is 9.59. The highest BCUT2D eigenvalue weighted by Gasteiger charge is 2.33. The molecule has 0 aromatic carbocycles. The van der Waals surface area contributed by atoms with E-state index >= 15 is 0 Å². The van der Waals surface area contributed by atoms with Crippen LogP contribution in [-0.2, 0) is 21.0 Å². The zero-order valence-corrected chi connectivity index (χ0v) is 17.1. The Hall–Kier alpha value is -1.59. The number of hydrogen-bond acceptors (Lipinski definition) is 10. The molecule has 2 aromatic rings. The Morgan fingerprint density at radius 2 is 1.96 bits per heavy atom. The zero-order valence-electron chi connectivity index (χ0n) is 15.4. The van der Waals surface area contributed by atoms with Gasteiger partial charge in [-0.05, 0) is 26.2 Å². The van der Waals surface area contributed by atoms with E-state index in [2.05, 4.69) is 25.7 Å². The highest BCUT2D eigenvalue weighted by atomic mass is 32.2.